The van der Waals surface area contributed by atoms with Crippen molar-refractivity contribution in [3.05, 3.63) is 72.3 Å². The second-order valence-corrected chi connectivity index (χ2v) is 7.77. The maximum absolute atomic E-state index is 10.2. The Hall–Kier alpha value is -3.18. The molecule has 1 fully saturated rings. The minimum absolute atomic E-state index is 0.306. The lowest BCUT2D eigenvalue weighted by molar-refractivity contribution is 0.153. The van der Waals surface area contributed by atoms with Crippen LogP contribution in [-0.4, -0.2) is 38.9 Å². The highest BCUT2D eigenvalue weighted by Gasteiger charge is 2.22. The molecule has 4 aromatic rings. The molecule has 0 unspecified atom stereocenters. The molecule has 146 valence electrons. The molecule has 3 heterocycles. The molecule has 5 heteroatoms. The molecule has 1 aliphatic heterocycles. The molecular weight excluding hydrogens is 360 g/mol. The van der Waals surface area contributed by atoms with Crippen LogP contribution in [0.1, 0.15) is 18.4 Å². The van der Waals surface area contributed by atoms with E-state index in [9.17, 15) is 5.11 Å². The summed E-state index contributed by atoms with van der Waals surface area (Å²) in [4.78, 5) is 7.12. The van der Waals surface area contributed by atoms with Gasteiger partial charge in [-0.1, -0.05) is 60.2 Å². The number of hydrogen-bond acceptors (Lipinski definition) is 4. The fourth-order valence-corrected chi connectivity index (χ4v) is 3.97. The monoisotopic (exact) mass is 384 g/mol. The van der Waals surface area contributed by atoms with Crippen molar-refractivity contribution in [2.75, 3.05) is 18.0 Å². The fourth-order valence-electron chi connectivity index (χ4n) is 3.97. The van der Waals surface area contributed by atoms with Gasteiger partial charge in [0, 0.05) is 36.3 Å². The molecule has 0 bridgehead atoms. The zero-order chi connectivity index (χ0) is 19.8. The molecule has 1 N–H and O–H groups in total. The molecule has 2 aromatic heterocycles. The second kappa shape index (κ2) is 7.33. The van der Waals surface area contributed by atoms with Gasteiger partial charge in [-0.3, -0.25) is 0 Å². The third-order valence-electron chi connectivity index (χ3n) is 5.55. The molecule has 0 amide bonds. The van der Waals surface area contributed by atoms with E-state index in [-0.39, 0.29) is 6.10 Å². The van der Waals surface area contributed by atoms with Gasteiger partial charge in [0.25, 0.3) is 0 Å². The van der Waals surface area contributed by atoms with Crippen molar-refractivity contribution in [1.29, 1.82) is 0 Å². The smallest absolute Gasteiger partial charge is 0.158 e. The Morgan fingerprint density at radius 2 is 1.69 bits per heavy atom. The topological polar surface area (TPSA) is 53.7 Å². The van der Waals surface area contributed by atoms with Crippen LogP contribution in [0.3, 0.4) is 0 Å². The molecule has 1 saturated heterocycles. The molecule has 29 heavy (non-hydrogen) atoms. The third-order valence-corrected chi connectivity index (χ3v) is 5.55. The number of aliphatic hydroxyl groups is 1. The van der Waals surface area contributed by atoms with Crippen molar-refractivity contribution in [3.63, 3.8) is 0 Å². The van der Waals surface area contributed by atoms with Gasteiger partial charge >= 0.3 is 0 Å². The predicted octanol–water partition coefficient (Wildman–Crippen LogP) is 4.33. The van der Waals surface area contributed by atoms with E-state index < -0.39 is 0 Å². The van der Waals surface area contributed by atoms with Crippen molar-refractivity contribution in [2.24, 2.45) is 0 Å². The Morgan fingerprint density at radius 1 is 0.931 bits per heavy atom. The Morgan fingerprint density at radius 3 is 2.45 bits per heavy atom. The molecule has 5 rings (SSSR count). The van der Waals surface area contributed by atoms with Crippen molar-refractivity contribution in [3.8, 4) is 22.5 Å². The lowest BCUT2D eigenvalue weighted by Gasteiger charge is -2.32. The number of rotatable bonds is 3. The molecule has 2 aromatic carbocycles. The number of aliphatic hydroxyl groups excluding tert-OH is 1. The highest BCUT2D eigenvalue weighted by molar-refractivity contribution is 5.71. The van der Waals surface area contributed by atoms with E-state index in [1.165, 1.54) is 5.56 Å². The van der Waals surface area contributed by atoms with Crippen LogP contribution in [0.25, 0.3) is 28.2 Å². The Balaban J connectivity index is 1.67. The Labute approximate surface area is 170 Å². The number of anilines is 1. The zero-order valence-corrected chi connectivity index (χ0v) is 16.5. The van der Waals surface area contributed by atoms with Gasteiger partial charge in [-0.15, -0.1) is 0 Å². The van der Waals surface area contributed by atoms with Crippen molar-refractivity contribution in [2.45, 2.75) is 25.9 Å². The first-order chi connectivity index (χ1) is 14.2. The first-order valence-corrected chi connectivity index (χ1v) is 10.1. The standard InChI is InChI=1S/C24H24N4O/c1-17-9-11-19(12-10-17)22-14-23-25-21(18-6-3-2-4-7-18)15-24(28(23)26-22)27-13-5-8-20(29)16-27/h2-4,6-7,9-12,14-15,20,29H,5,8,13,16H2,1H3/t20-/m1/s1. The summed E-state index contributed by atoms with van der Waals surface area (Å²) in [5.41, 5.74) is 6.02. The van der Waals surface area contributed by atoms with E-state index in [2.05, 4.69) is 54.3 Å². The van der Waals surface area contributed by atoms with Crippen LogP contribution in [0.4, 0.5) is 5.82 Å². The number of nitrogens with zero attached hydrogens (tertiary/aromatic N) is 4. The number of β-amino-alcohol motifs (C(OH)–C–C–N with tert-alkyl or cyclic N) is 1. The molecule has 0 radical (unpaired) electrons. The van der Waals surface area contributed by atoms with Crippen LogP contribution in [0, 0.1) is 6.92 Å². The van der Waals surface area contributed by atoms with Gasteiger partial charge in [-0.25, -0.2) is 4.98 Å². The number of benzene rings is 2. The Bertz CT molecular complexity index is 1130. The molecule has 1 atom stereocenters. The van der Waals surface area contributed by atoms with Gasteiger partial charge in [0.2, 0.25) is 0 Å². The average molecular weight is 384 g/mol. The van der Waals surface area contributed by atoms with Crippen LogP contribution in [-0.2, 0) is 0 Å². The van der Waals surface area contributed by atoms with Crippen LogP contribution >= 0.6 is 0 Å². The number of aryl methyl sites for hydroxylation is 1. The van der Waals surface area contributed by atoms with Crippen molar-refractivity contribution in [1.82, 2.24) is 14.6 Å². The maximum atomic E-state index is 10.2. The predicted molar refractivity (Wildman–Crippen MR) is 116 cm³/mol. The highest BCUT2D eigenvalue weighted by atomic mass is 16.3. The zero-order valence-electron chi connectivity index (χ0n) is 16.5. The van der Waals surface area contributed by atoms with E-state index in [1.807, 2.05) is 28.8 Å². The molecule has 1 aliphatic rings. The van der Waals surface area contributed by atoms with E-state index in [1.54, 1.807) is 0 Å². The van der Waals surface area contributed by atoms with Gasteiger partial charge in [0.1, 0.15) is 5.82 Å². The highest BCUT2D eigenvalue weighted by Crippen LogP contribution is 2.29. The van der Waals surface area contributed by atoms with Crippen LogP contribution < -0.4 is 4.90 Å². The van der Waals surface area contributed by atoms with Crippen LogP contribution in [0.5, 0.6) is 0 Å². The number of hydrogen-bond donors (Lipinski definition) is 1. The van der Waals surface area contributed by atoms with E-state index in [0.717, 1.165) is 53.4 Å². The maximum Gasteiger partial charge on any atom is 0.158 e. The lowest BCUT2D eigenvalue weighted by Crippen LogP contribution is -2.39. The SMILES string of the molecule is Cc1ccc(-c2cc3nc(-c4ccccc4)cc(N4CCC[C@@H](O)C4)n3n2)cc1. The first kappa shape index (κ1) is 17.9. The first-order valence-electron chi connectivity index (χ1n) is 10.1. The van der Waals surface area contributed by atoms with Crippen molar-refractivity contribution < 1.29 is 5.11 Å². The third kappa shape index (κ3) is 3.49. The average Bonchev–Trinajstić information content (AvgIpc) is 3.18. The van der Waals surface area contributed by atoms with Crippen LogP contribution in [0.2, 0.25) is 0 Å². The molecule has 0 aliphatic carbocycles. The minimum atomic E-state index is -0.306. The Kier molecular flexibility index (Phi) is 4.52. The molecule has 0 saturated carbocycles. The van der Waals surface area contributed by atoms with E-state index in [4.69, 9.17) is 10.1 Å². The summed E-state index contributed by atoms with van der Waals surface area (Å²) in [7, 11) is 0. The summed E-state index contributed by atoms with van der Waals surface area (Å²) in [6, 6.07) is 22.7. The van der Waals surface area contributed by atoms with Gasteiger partial charge in [-0.05, 0) is 19.8 Å². The quantitative estimate of drug-likeness (QED) is 0.571. The summed E-state index contributed by atoms with van der Waals surface area (Å²) < 4.78 is 1.92. The normalized spacial score (nSPS) is 17.0. The van der Waals surface area contributed by atoms with Gasteiger partial charge in [-0.2, -0.15) is 9.61 Å². The summed E-state index contributed by atoms with van der Waals surface area (Å²) >= 11 is 0. The number of fused-ring (bicyclic) bond motifs is 1. The summed E-state index contributed by atoms with van der Waals surface area (Å²) in [6.07, 6.45) is 1.51. The summed E-state index contributed by atoms with van der Waals surface area (Å²) in [6.45, 7) is 3.61. The number of aromatic nitrogens is 3. The van der Waals surface area contributed by atoms with Gasteiger partial charge in [0.05, 0.1) is 17.5 Å². The van der Waals surface area contributed by atoms with Crippen molar-refractivity contribution >= 4 is 11.5 Å². The largest absolute Gasteiger partial charge is 0.391 e. The lowest BCUT2D eigenvalue weighted by atomic mass is 10.1. The minimum Gasteiger partial charge on any atom is -0.391 e. The van der Waals surface area contributed by atoms with E-state index in [0.29, 0.717) is 6.54 Å². The molecule has 0 spiro atoms. The van der Waals surface area contributed by atoms with Crippen LogP contribution in [0.15, 0.2) is 66.7 Å². The van der Waals surface area contributed by atoms with Gasteiger partial charge < -0.3 is 10.0 Å². The van der Waals surface area contributed by atoms with E-state index >= 15 is 0 Å². The second-order valence-electron chi connectivity index (χ2n) is 7.77. The van der Waals surface area contributed by atoms with Gasteiger partial charge in [0.15, 0.2) is 5.65 Å². The molecule has 5 nitrogen and oxygen atoms in total. The number of piperidine rings is 1. The fraction of sp³-hybridized carbons (Fsp3) is 0.250. The summed E-state index contributed by atoms with van der Waals surface area (Å²) in [5, 5.41) is 15.1. The molecular formula is C24H24N4O. The summed E-state index contributed by atoms with van der Waals surface area (Å²) in [5.74, 6) is 0.978.